The van der Waals surface area contributed by atoms with Crippen molar-refractivity contribution in [3.63, 3.8) is 0 Å². The van der Waals surface area contributed by atoms with Crippen molar-refractivity contribution < 1.29 is 9.13 Å². The van der Waals surface area contributed by atoms with Gasteiger partial charge in [-0.1, -0.05) is 23.7 Å². The first-order valence-corrected chi connectivity index (χ1v) is 6.15. The van der Waals surface area contributed by atoms with Gasteiger partial charge >= 0.3 is 0 Å². The third kappa shape index (κ3) is 2.85. The molecule has 3 nitrogen and oxygen atoms in total. The minimum Gasteiger partial charge on any atom is -0.495 e. The van der Waals surface area contributed by atoms with Crippen molar-refractivity contribution in [3.8, 4) is 5.75 Å². The van der Waals surface area contributed by atoms with Gasteiger partial charge in [-0.25, -0.2) is 4.39 Å². The number of hydrogen-bond donors (Lipinski definition) is 1. The highest BCUT2D eigenvalue weighted by Crippen LogP contribution is 2.28. The molecule has 0 aliphatic heterocycles. The quantitative estimate of drug-likeness (QED) is 0.934. The van der Waals surface area contributed by atoms with E-state index < -0.39 is 5.82 Å². The molecule has 0 aliphatic rings. The molecule has 5 heteroatoms. The summed E-state index contributed by atoms with van der Waals surface area (Å²) in [6.45, 7) is 0. The molecule has 1 aromatic carbocycles. The van der Waals surface area contributed by atoms with E-state index in [1.807, 2.05) is 6.07 Å². The predicted molar refractivity (Wildman–Crippen MR) is 73.1 cm³/mol. The van der Waals surface area contributed by atoms with Crippen LogP contribution in [-0.2, 0) is 0 Å². The van der Waals surface area contributed by atoms with Crippen LogP contribution in [0.4, 0.5) is 4.39 Å². The Hall–Kier alpha value is -1.65. The summed E-state index contributed by atoms with van der Waals surface area (Å²) in [5.41, 5.74) is 1.29. The first-order valence-electron chi connectivity index (χ1n) is 5.77. The maximum atomic E-state index is 14.1. The van der Waals surface area contributed by atoms with Crippen LogP contribution >= 0.6 is 11.6 Å². The van der Waals surface area contributed by atoms with Crippen molar-refractivity contribution in [3.05, 3.63) is 58.6 Å². The normalized spacial score (nSPS) is 12.2. The largest absolute Gasteiger partial charge is 0.495 e. The molecule has 2 aromatic rings. The van der Waals surface area contributed by atoms with Crippen LogP contribution in [0.1, 0.15) is 17.2 Å². The lowest BCUT2D eigenvalue weighted by molar-refractivity contribution is 0.411. The van der Waals surface area contributed by atoms with Crippen LogP contribution in [0, 0.1) is 5.82 Å². The van der Waals surface area contributed by atoms with Crippen molar-refractivity contribution in [1.82, 2.24) is 10.3 Å². The number of nitrogens with zero attached hydrogens (tertiary/aromatic N) is 1. The van der Waals surface area contributed by atoms with Gasteiger partial charge in [0.25, 0.3) is 0 Å². The molecule has 19 heavy (non-hydrogen) atoms. The second-order valence-electron chi connectivity index (χ2n) is 4.02. The van der Waals surface area contributed by atoms with Crippen LogP contribution in [0.2, 0.25) is 5.02 Å². The van der Waals surface area contributed by atoms with E-state index in [4.69, 9.17) is 16.3 Å². The minimum atomic E-state index is -0.425. The zero-order chi connectivity index (χ0) is 13.8. The molecule has 0 amide bonds. The van der Waals surface area contributed by atoms with Crippen molar-refractivity contribution in [2.24, 2.45) is 0 Å². The van der Waals surface area contributed by atoms with E-state index in [0.29, 0.717) is 11.3 Å². The number of rotatable bonds is 4. The number of methoxy groups -OCH3 is 1. The Kier molecular flexibility index (Phi) is 4.35. The van der Waals surface area contributed by atoms with E-state index in [0.717, 1.165) is 5.56 Å². The third-order valence-electron chi connectivity index (χ3n) is 2.88. The Morgan fingerprint density at radius 2 is 2.16 bits per heavy atom. The lowest BCUT2D eigenvalue weighted by atomic mass is 10.00. The van der Waals surface area contributed by atoms with Crippen LogP contribution in [0.15, 0.2) is 36.7 Å². The number of pyridine rings is 1. The molecule has 2 rings (SSSR count). The van der Waals surface area contributed by atoms with Gasteiger partial charge in [-0.3, -0.25) is 4.98 Å². The SMILES string of the molecule is CNC(c1cncc(OC)c1)c1cccc(Cl)c1F. The highest BCUT2D eigenvalue weighted by Gasteiger charge is 2.18. The fourth-order valence-corrected chi connectivity index (χ4v) is 2.13. The van der Waals surface area contributed by atoms with Crippen LogP contribution in [0.25, 0.3) is 0 Å². The molecule has 0 aliphatic carbocycles. The summed E-state index contributed by atoms with van der Waals surface area (Å²) in [4.78, 5) is 4.08. The van der Waals surface area contributed by atoms with Gasteiger partial charge < -0.3 is 10.1 Å². The molecule has 0 saturated heterocycles. The second-order valence-corrected chi connectivity index (χ2v) is 4.43. The van der Waals surface area contributed by atoms with Gasteiger partial charge in [-0.2, -0.15) is 0 Å². The summed E-state index contributed by atoms with van der Waals surface area (Å²) in [6, 6.07) is 6.42. The Balaban J connectivity index is 2.46. The number of ether oxygens (including phenoxy) is 1. The summed E-state index contributed by atoms with van der Waals surface area (Å²) in [5, 5.41) is 3.16. The first kappa shape index (κ1) is 13.8. The molecule has 1 atom stereocenters. The monoisotopic (exact) mass is 280 g/mol. The molecule has 1 unspecified atom stereocenters. The number of nitrogens with one attached hydrogen (secondary N) is 1. The number of benzene rings is 1. The van der Waals surface area contributed by atoms with Crippen molar-refractivity contribution in [2.75, 3.05) is 14.2 Å². The standard InChI is InChI=1S/C14H14ClFN2O/c1-17-14(9-6-10(19-2)8-18-7-9)11-4-3-5-12(15)13(11)16/h3-8,14,17H,1-2H3. The smallest absolute Gasteiger partial charge is 0.146 e. The highest BCUT2D eigenvalue weighted by atomic mass is 35.5. The first-order chi connectivity index (χ1) is 9.17. The molecular weight excluding hydrogens is 267 g/mol. The molecule has 1 N–H and O–H groups in total. The highest BCUT2D eigenvalue weighted by molar-refractivity contribution is 6.30. The van der Waals surface area contributed by atoms with Gasteiger partial charge in [0.2, 0.25) is 0 Å². The fourth-order valence-electron chi connectivity index (χ4n) is 1.95. The Labute approximate surface area is 116 Å². The molecule has 0 saturated carbocycles. The minimum absolute atomic E-state index is 0.105. The van der Waals surface area contributed by atoms with Gasteiger partial charge in [0.1, 0.15) is 11.6 Å². The van der Waals surface area contributed by atoms with Gasteiger partial charge in [0.15, 0.2) is 0 Å². The number of hydrogen-bond acceptors (Lipinski definition) is 3. The molecule has 1 heterocycles. The summed E-state index contributed by atoms with van der Waals surface area (Å²) in [7, 11) is 3.32. The lowest BCUT2D eigenvalue weighted by Crippen LogP contribution is -2.19. The van der Waals surface area contributed by atoms with E-state index in [2.05, 4.69) is 10.3 Å². The van der Waals surface area contributed by atoms with E-state index in [1.54, 1.807) is 38.7 Å². The zero-order valence-corrected chi connectivity index (χ0v) is 11.4. The van der Waals surface area contributed by atoms with Gasteiger partial charge in [0.05, 0.1) is 24.4 Å². The van der Waals surface area contributed by atoms with E-state index in [1.165, 1.54) is 6.07 Å². The summed E-state index contributed by atoms with van der Waals surface area (Å²) in [5.74, 6) is 0.200. The maximum Gasteiger partial charge on any atom is 0.146 e. The summed E-state index contributed by atoms with van der Waals surface area (Å²) in [6.07, 6.45) is 3.27. The molecular formula is C14H14ClFN2O. The van der Waals surface area contributed by atoms with Crippen molar-refractivity contribution >= 4 is 11.6 Å². The second kappa shape index (κ2) is 5.99. The van der Waals surface area contributed by atoms with Crippen LogP contribution in [0.5, 0.6) is 5.75 Å². The Bertz CT molecular complexity index is 577. The number of halogens is 2. The van der Waals surface area contributed by atoms with Crippen LogP contribution in [-0.4, -0.2) is 19.1 Å². The summed E-state index contributed by atoms with van der Waals surface area (Å²) >= 11 is 5.82. The van der Waals surface area contributed by atoms with Gasteiger partial charge in [0, 0.05) is 11.8 Å². The summed E-state index contributed by atoms with van der Waals surface area (Å²) < 4.78 is 19.2. The Morgan fingerprint density at radius 1 is 1.37 bits per heavy atom. The molecule has 0 radical (unpaired) electrons. The average molecular weight is 281 g/mol. The zero-order valence-electron chi connectivity index (χ0n) is 10.7. The van der Waals surface area contributed by atoms with Gasteiger partial charge in [-0.15, -0.1) is 0 Å². The van der Waals surface area contributed by atoms with Gasteiger partial charge in [-0.05, 0) is 24.7 Å². The molecule has 0 fully saturated rings. The molecule has 100 valence electrons. The molecule has 0 spiro atoms. The average Bonchev–Trinajstić information content (AvgIpc) is 2.44. The van der Waals surface area contributed by atoms with Crippen LogP contribution < -0.4 is 10.1 Å². The molecule has 1 aromatic heterocycles. The number of aromatic nitrogens is 1. The third-order valence-corrected chi connectivity index (χ3v) is 3.18. The van der Waals surface area contributed by atoms with Crippen molar-refractivity contribution in [2.45, 2.75) is 6.04 Å². The predicted octanol–water partition coefficient (Wildman–Crippen LogP) is 3.19. The van der Waals surface area contributed by atoms with E-state index >= 15 is 0 Å². The Morgan fingerprint density at radius 3 is 2.84 bits per heavy atom. The molecule has 0 bridgehead atoms. The fraction of sp³-hybridized carbons (Fsp3) is 0.214. The van der Waals surface area contributed by atoms with E-state index in [9.17, 15) is 4.39 Å². The van der Waals surface area contributed by atoms with Crippen molar-refractivity contribution in [1.29, 1.82) is 0 Å². The van der Waals surface area contributed by atoms with E-state index in [-0.39, 0.29) is 11.1 Å². The maximum absolute atomic E-state index is 14.1. The lowest BCUT2D eigenvalue weighted by Gasteiger charge is -2.18. The topological polar surface area (TPSA) is 34.2 Å². The van der Waals surface area contributed by atoms with Crippen LogP contribution in [0.3, 0.4) is 0 Å².